The van der Waals surface area contributed by atoms with Crippen LogP contribution in [0.2, 0.25) is 0 Å². The van der Waals surface area contributed by atoms with Crippen LogP contribution in [0.5, 0.6) is 11.5 Å². The molecule has 1 saturated heterocycles. The summed E-state index contributed by atoms with van der Waals surface area (Å²) in [5.74, 6) is -1.01. The summed E-state index contributed by atoms with van der Waals surface area (Å²) in [4.78, 5) is 36.6. The normalized spacial score (nSPS) is 18.6. The second-order valence-corrected chi connectivity index (χ2v) is 6.31. The van der Waals surface area contributed by atoms with Crippen molar-refractivity contribution in [3.8, 4) is 11.5 Å². The van der Waals surface area contributed by atoms with E-state index in [1.165, 1.54) is 14.2 Å². The second kappa shape index (κ2) is 7.54. The number of thioether (sulfide) groups is 1. The van der Waals surface area contributed by atoms with Gasteiger partial charge in [-0.1, -0.05) is 0 Å². The summed E-state index contributed by atoms with van der Waals surface area (Å²) >= 11 is 1.07. The van der Waals surface area contributed by atoms with Crippen LogP contribution < -0.4 is 20.1 Å². The predicted molar refractivity (Wildman–Crippen MR) is 88.5 cm³/mol. The van der Waals surface area contributed by atoms with Crippen molar-refractivity contribution in [3.05, 3.63) is 18.2 Å². The molecule has 0 saturated carbocycles. The van der Waals surface area contributed by atoms with Crippen LogP contribution in [0, 0.1) is 0 Å². The Morgan fingerprint density at radius 3 is 2.71 bits per heavy atom. The molecule has 2 amide bonds. The third-order valence-corrected chi connectivity index (χ3v) is 4.85. The Hall–Kier alpha value is -2.26. The highest BCUT2D eigenvalue weighted by atomic mass is 32.2. The third kappa shape index (κ3) is 3.62. The van der Waals surface area contributed by atoms with Gasteiger partial charge in [0, 0.05) is 18.2 Å². The first-order chi connectivity index (χ1) is 11.4. The van der Waals surface area contributed by atoms with E-state index in [1.54, 1.807) is 18.2 Å². The number of nitrogens with zero attached hydrogens (tertiary/aromatic N) is 1. The molecule has 0 aliphatic carbocycles. The highest BCUT2D eigenvalue weighted by Crippen LogP contribution is 2.37. The van der Waals surface area contributed by atoms with Crippen LogP contribution in [0.1, 0.15) is 6.42 Å². The Labute approximate surface area is 142 Å². The van der Waals surface area contributed by atoms with Gasteiger partial charge >= 0.3 is 5.97 Å². The average Bonchev–Trinajstić information content (AvgIpc) is 2.85. The van der Waals surface area contributed by atoms with Crippen molar-refractivity contribution in [2.24, 2.45) is 5.73 Å². The topological polar surface area (TPSA) is 119 Å². The molecule has 1 aromatic carbocycles. The molecule has 24 heavy (non-hydrogen) atoms. The minimum Gasteiger partial charge on any atom is -0.497 e. The molecule has 0 radical (unpaired) electrons. The van der Waals surface area contributed by atoms with E-state index in [1.807, 2.05) is 0 Å². The maximum absolute atomic E-state index is 12.5. The Balaban J connectivity index is 2.19. The summed E-state index contributed by atoms with van der Waals surface area (Å²) in [6.45, 7) is 0. The monoisotopic (exact) mass is 354 g/mol. The van der Waals surface area contributed by atoms with Gasteiger partial charge in [-0.15, -0.1) is 11.8 Å². The highest BCUT2D eigenvalue weighted by Gasteiger charge is 2.41. The summed E-state index contributed by atoms with van der Waals surface area (Å²) in [6.07, 6.45) is -0.00891. The van der Waals surface area contributed by atoms with Gasteiger partial charge in [0.1, 0.15) is 17.5 Å². The number of carboxylic acids is 1. The lowest BCUT2D eigenvalue weighted by Gasteiger charge is -2.18. The summed E-state index contributed by atoms with van der Waals surface area (Å²) in [5.41, 5.74) is 5.77. The molecule has 8 nitrogen and oxygen atoms in total. The quantitative estimate of drug-likeness (QED) is 0.679. The first-order valence-corrected chi connectivity index (χ1v) is 8.12. The molecule has 1 heterocycles. The number of carboxylic acid groups (broad SMARTS) is 1. The molecule has 2 atom stereocenters. The molecule has 0 spiro atoms. The lowest BCUT2D eigenvalue weighted by Crippen LogP contribution is -2.35. The Kier molecular flexibility index (Phi) is 5.68. The predicted octanol–water partition coefficient (Wildman–Crippen LogP) is 0.481. The molecular formula is C15H18N2O6S. The van der Waals surface area contributed by atoms with Crippen molar-refractivity contribution in [2.45, 2.75) is 17.7 Å². The Morgan fingerprint density at radius 2 is 2.12 bits per heavy atom. The molecular weight excluding hydrogens is 336 g/mol. The fraction of sp³-hybridized carbons (Fsp3) is 0.400. The second-order valence-electron chi connectivity index (χ2n) is 5.08. The van der Waals surface area contributed by atoms with Gasteiger partial charge in [-0.3, -0.25) is 14.4 Å². The number of hydrogen-bond acceptors (Lipinski definition) is 7. The molecule has 1 fully saturated rings. The number of hydrogen-bond donors (Lipinski definition) is 2. The number of imide groups is 1. The average molecular weight is 354 g/mol. The zero-order chi connectivity index (χ0) is 17.9. The van der Waals surface area contributed by atoms with E-state index in [2.05, 4.69) is 0 Å². The molecule has 130 valence electrons. The lowest BCUT2D eigenvalue weighted by molar-refractivity contribution is -0.138. The van der Waals surface area contributed by atoms with Gasteiger partial charge in [0.25, 0.3) is 0 Å². The fourth-order valence-electron chi connectivity index (χ4n) is 2.25. The standard InChI is InChI=1S/C15H18N2O6S/c1-22-8-3-4-10(11(5-8)23-2)17-13(18)6-12(14(17)19)24-7-9(16)15(20)21/h3-5,9,12H,6-7,16H2,1-2H3,(H,20,21)/t9-,12+/m0/s1. The van der Waals surface area contributed by atoms with Crippen molar-refractivity contribution in [1.82, 2.24) is 0 Å². The van der Waals surface area contributed by atoms with Crippen LogP contribution in [0.4, 0.5) is 5.69 Å². The minimum atomic E-state index is -1.15. The van der Waals surface area contributed by atoms with E-state index in [0.29, 0.717) is 17.2 Å². The van der Waals surface area contributed by atoms with Crippen molar-refractivity contribution in [3.63, 3.8) is 0 Å². The number of ether oxygens (including phenoxy) is 2. The third-order valence-electron chi connectivity index (χ3n) is 3.53. The molecule has 1 aliphatic rings. The largest absolute Gasteiger partial charge is 0.497 e. The highest BCUT2D eigenvalue weighted by molar-refractivity contribution is 8.00. The van der Waals surface area contributed by atoms with E-state index in [-0.39, 0.29) is 18.1 Å². The van der Waals surface area contributed by atoms with Gasteiger partial charge < -0.3 is 20.3 Å². The van der Waals surface area contributed by atoms with E-state index in [4.69, 9.17) is 20.3 Å². The van der Waals surface area contributed by atoms with Crippen LogP contribution >= 0.6 is 11.8 Å². The molecule has 9 heteroatoms. The first kappa shape index (κ1) is 18.1. The molecule has 3 N–H and O–H groups in total. The maximum atomic E-state index is 12.5. The molecule has 1 aliphatic heterocycles. The molecule has 0 unspecified atom stereocenters. The summed E-state index contributed by atoms with van der Waals surface area (Å²) in [6, 6.07) is 3.70. The molecule has 2 rings (SSSR count). The Morgan fingerprint density at radius 1 is 1.42 bits per heavy atom. The van der Waals surface area contributed by atoms with E-state index in [9.17, 15) is 14.4 Å². The van der Waals surface area contributed by atoms with Crippen molar-refractivity contribution in [2.75, 3.05) is 24.9 Å². The van der Waals surface area contributed by atoms with Gasteiger partial charge in [0.05, 0.1) is 25.2 Å². The van der Waals surface area contributed by atoms with Crippen molar-refractivity contribution in [1.29, 1.82) is 0 Å². The van der Waals surface area contributed by atoms with Crippen LogP contribution in [0.3, 0.4) is 0 Å². The summed E-state index contributed by atoms with van der Waals surface area (Å²) in [5, 5.41) is 8.13. The number of aliphatic carboxylic acids is 1. The van der Waals surface area contributed by atoms with Crippen molar-refractivity contribution < 1.29 is 29.0 Å². The number of amides is 2. The molecule has 0 bridgehead atoms. The van der Waals surface area contributed by atoms with Gasteiger partial charge in [-0.2, -0.15) is 0 Å². The summed E-state index contributed by atoms with van der Waals surface area (Å²) in [7, 11) is 2.93. The number of anilines is 1. The zero-order valence-electron chi connectivity index (χ0n) is 13.2. The number of rotatable bonds is 7. The summed E-state index contributed by atoms with van der Waals surface area (Å²) < 4.78 is 10.3. The number of methoxy groups -OCH3 is 2. The van der Waals surface area contributed by atoms with Crippen LogP contribution in [-0.2, 0) is 14.4 Å². The minimum absolute atomic E-state index is 0.00891. The number of carbonyl (C=O) groups is 3. The van der Waals surface area contributed by atoms with Gasteiger partial charge in [0.15, 0.2) is 0 Å². The molecule has 0 aromatic heterocycles. The fourth-order valence-corrected chi connectivity index (χ4v) is 3.34. The maximum Gasteiger partial charge on any atom is 0.321 e. The van der Waals surface area contributed by atoms with Crippen LogP contribution in [-0.4, -0.2) is 54.2 Å². The van der Waals surface area contributed by atoms with Gasteiger partial charge in [0.2, 0.25) is 11.8 Å². The van der Waals surface area contributed by atoms with E-state index < -0.39 is 23.2 Å². The van der Waals surface area contributed by atoms with Crippen LogP contribution in [0.15, 0.2) is 18.2 Å². The van der Waals surface area contributed by atoms with Crippen LogP contribution in [0.25, 0.3) is 0 Å². The zero-order valence-corrected chi connectivity index (χ0v) is 14.0. The van der Waals surface area contributed by atoms with E-state index in [0.717, 1.165) is 16.7 Å². The van der Waals surface area contributed by atoms with Crippen molar-refractivity contribution >= 4 is 35.2 Å². The van der Waals surface area contributed by atoms with E-state index >= 15 is 0 Å². The number of nitrogens with two attached hydrogens (primary N) is 1. The number of carbonyl (C=O) groups excluding carboxylic acids is 2. The smallest absolute Gasteiger partial charge is 0.321 e. The first-order valence-electron chi connectivity index (χ1n) is 7.07. The van der Waals surface area contributed by atoms with Gasteiger partial charge in [-0.05, 0) is 12.1 Å². The Bertz CT molecular complexity index is 665. The number of benzene rings is 1. The molecule has 1 aromatic rings. The van der Waals surface area contributed by atoms with Gasteiger partial charge in [-0.25, -0.2) is 4.90 Å². The SMILES string of the molecule is COc1ccc(N2C(=O)C[C@@H](SC[C@H](N)C(=O)O)C2=O)c(OC)c1. The lowest BCUT2D eigenvalue weighted by atomic mass is 10.2.